The van der Waals surface area contributed by atoms with Gasteiger partial charge in [-0.05, 0) is 30.7 Å². The van der Waals surface area contributed by atoms with Crippen molar-refractivity contribution in [3.05, 3.63) is 42.1 Å². The van der Waals surface area contributed by atoms with E-state index in [4.69, 9.17) is 10.5 Å². The lowest BCUT2D eigenvalue weighted by Crippen LogP contribution is -2.15. The molecule has 0 spiro atoms. The molecule has 0 atom stereocenters. The van der Waals surface area contributed by atoms with E-state index in [1.54, 1.807) is 19.1 Å². The van der Waals surface area contributed by atoms with Gasteiger partial charge in [-0.2, -0.15) is 0 Å². The van der Waals surface area contributed by atoms with E-state index in [2.05, 4.69) is 9.71 Å². The molecule has 0 unspecified atom stereocenters. The minimum atomic E-state index is -3.79. The summed E-state index contributed by atoms with van der Waals surface area (Å²) < 4.78 is 32.2. The van der Waals surface area contributed by atoms with E-state index in [0.29, 0.717) is 5.69 Å². The fourth-order valence-electron chi connectivity index (χ4n) is 1.68. The molecule has 7 heteroatoms. The van der Waals surface area contributed by atoms with Gasteiger partial charge in [0.2, 0.25) is 0 Å². The molecular formula is C13H15N3O3S. The Morgan fingerprint density at radius 3 is 2.70 bits per heavy atom. The van der Waals surface area contributed by atoms with Crippen molar-refractivity contribution in [3.63, 3.8) is 0 Å². The number of hydrogen-bond acceptors (Lipinski definition) is 5. The summed E-state index contributed by atoms with van der Waals surface area (Å²) >= 11 is 0. The molecule has 3 N–H and O–H groups in total. The van der Waals surface area contributed by atoms with Gasteiger partial charge in [-0.15, -0.1) is 0 Å². The second-order valence-electron chi connectivity index (χ2n) is 4.18. The van der Waals surface area contributed by atoms with Crippen LogP contribution in [0.25, 0.3) is 0 Å². The fraction of sp³-hybridized carbons (Fsp3) is 0.154. The summed E-state index contributed by atoms with van der Waals surface area (Å²) in [4.78, 5) is 4.02. The standard InChI is InChI=1S/C13H15N3O3S/c1-9-4-3-7-15-13(9)16-20(17,18)12-6-5-10(14)8-11(12)19-2/h3-8H,14H2,1-2H3,(H,15,16). The molecule has 0 aliphatic rings. The number of nitrogen functional groups attached to an aromatic ring is 1. The Morgan fingerprint density at radius 1 is 1.30 bits per heavy atom. The summed E-state index contributed by atoms with van der Waals surface area (Å²) in [7, 11) is -2.40. The minimum absolute atomic E-state index is 0.0132. The Bertz CT molecular complexity index is 729. The van der Waals surface area contributed by atoms with Gasteiger partial charge in [0, 0.05) is 18.0 Å². The van der Waals surface area contributed by atoms with E-state index in [1.807, 2.05) is 0 Å². The smallest absolute Gasteiger partial charge is 0.266 e. The van der Waals surface area contributed by atoms with Gasteiger partial charge >= 0.3 is 0 Å². The first-order valence-corrected chi connectivity index (χ1v) is 7.30. The SMILES string of the molecule is COc1cc(N)ccc1S(=O)(=O)Nc1ncccc1C. The van der Waals surface area contributed by atoms with Gasteiger partial charge in [-0.1, -0.05) is 6.07 Å². The fourth-order valence-corrected chi connectivity index (χ4v) is 2.91. The van der Waals surface area contributed by atoms with Gasteiger partial charge in [0.1, 0.15) is 16.5 Å². The van der Waals surface area contributed by atoms with Crippen LogP contribution in [-0.4, -0.2) is 20.5 Å². The van der Waals surface area contributed by atoms with Crippen LogP contribution >= 0.6 is 0 Å². The van der Waals surface area contributed by atoms with E-state index >= 15 is 0 Å². The zero-order chi connectivity index (χ0) is 14.8. The van der Waals surface area contributed by atoms with E-state index in [-0.39, 0.29) is 16.5 Å². The van der Waals surface area contributed by atoms with Gasteiger partial charge in [-0.25, -0.2) is 13.4 Å². The Labute approximate surface area is 117 Å². The van der Waals surface area contributed by atoms with Crippen molar-refractivity contribution in [2.75, 3.05) is 17.6 Å². The number of rotatable bonds is 4. The maximum atomic E-state index is 12.4. The molecule has 1 heterocycles. The quantitative estimate of drug-likeness (QED) is 0.838. The van der Waals surface area contributed by atoms with Crippen LogP contribution in [0.1, 0.15) is 5.56 Å². The van der Waals surface area contributed by atoms with Crippen LogP contribution in [0.15, 0.2) is 41.4 Å². The largest absolute Gasteiger partial charge is 0.495 e. The van der Waals surface area contributed by atoms with Crippen LogP contribution in [0.4, 0.5) is 11.5 Å². The Hall–Kier alpha value is -2.28. The van der Waals surface area contributed by atoms with E-state index in [9.17, 15) is 8.42 Å². The van der Waals surface area contributed by atoms with Gasteiger partial charge in [0.25, 0.3) is 10.0 Å². The normalized spacial score (nSPS) is 11.1. The van der Waals surface area contributed by atoms with Crippen molar-refractivity contribution in [2.24, 2.45) is 0 Å². The lowest BCUT2D eigenvalue weighted by atomic mass is 10.3. The van der Waals surface area contributed by atoms with Crippen LogP contribution in [0, 0.1) is 6.92 Å². The van der Waals surface area contributed by atoms with Gasteiger partial charge in [0.05, 0.1) is 7.11 Å². The topological polar surface area (TPSA) is 94.3 Å². The molecule has 106 valence electrons. The summed E-state index contributed by atoms with van der Waals surface area (Å²) in [6, 6.07) is 7.86. The number of nitrogens with one attached hydrogen (secondary N) is 1. The Morgan fingerprint density at radius 2 is 2.05 bits per heavy atom. The van der Waals surface area contributed by atoms with E-state index < -0.39 is 10.0 Å². The maximum absolute atomic E-state index is 12.4. The molecule has 0 saturated heterocycles. The van der Waals surface area contributed by atoms with Crippen molar-refractivity contribution in [1.29, 1.82) is 0 Å². The number of nitrogens with zero attached hydrogens (tertiary/aromatic N) is 1. The third-order valence-electron chi connectivity index (χ3n) is 2.72. The molecule has 0 radical (unpaired) electrons. The molecule has 20 heavy (non-hydrogen) atoms. The molecule has 1 aromatic carbocycles. The molecule has 2 rings (SSSR count). The zero-order valence-corrected chi connectivity index (χ0v) is 11.9. The number of methoxy groups -OCH3 is 1. The summed E-state index contributed by atoms with van der Waals surface area (Å²) in [6.07, 6.45) is 1.52. The average molecular weight is 293 g/mol. The van der Waals surface area contributed by atoms with Gasteiger partial charge in [-0.3, -0.25) is 4.72 Å². The van der Waals surface area contributed by atoms with Gasteiger partial charge in [0.15, 0.2) is 0 Å². The molecule has 0 aliphatic carbocycles. The van der Waals surface area contributed by atoms with E-state index in [1.165, 1.54) is 31.5 Å². The average Bonchev–Trinajstić information content (AvgIpc) is 2.40. The third kappa shape index (κ3) is 2.83. The molecule has 0 saturated carbocycles. The zero-order valence-electron chi connectivity index (χ0n) is 11.1. The highest BCUT2D eigenvalue weighted by Gasteiger charge is 2.20. The lowest BCUT2D eigenvalue weighted by Gasteiger charge is -2.12. The molecule has 1 aromatic heterocycles. The predicted octanol–water partition coefficient (Wildman–Crippen LogP) is 1.78. The summed E-state index contributed by atoms with van der Waals surface area (Å²) in [5.74, 6) is 0.470. The maximum Gasteiger partial charge on any atom is 0.266 e. The highest BCUT2D eigenvalue weighted by atomic mass is 32.2. The predicted molar refractivity (Wildman–Crippen MR) is 77.2 cm³/mol. The number of anilines is 2. The number of aryl methyl sites for hydroxylation is 1. The molecule has 0 fully saturated rings. The van der Waals surface area contributed by atoms with Crippen molar-refractivity contribution in [1.82, 2.24) is 4.98 Å². The molecule has 2 aromatic rings. The van der Waals surface area contributed by atoms with Crippen molar-refractivity contribution in [3.8, 4) is 5.75 Å². The van der Waals surface area contributed by atoms with Crippen LogP contribution in [0.5, 0.6) is 5.75 Å². The molecule has 0 amide bonds. The Balaban J connectivity index is 2.44. The van der Waals surface area contributed by atoms with Crippen molar-refractivity contribution < 1.29 is 13.2 Å². The number of hydrogen-bond donors (Lipinski definition) is 2. The molecule has 6 nitrogen and oxygen atoms in total. The van der Waals surface area contributed by atoms with Crippen LogP contribution < -0.4 is 15.2 Å². The first kappa shape index (κ1) is 14.1. The second kappa shape index (κ2) is 5.38. The number of ether oxygens (including phenoxy) is 1. The number of aromatic nitrogens is 1. The number of nitrogens with two attached hydrogens (primary N) is 1. The molecule has 0 bridgehead atoms. The first-order chi connectivity index (χ1) is 9.44. The minimum Gasteiger partial charge on any atom is -0.495 e. The number of pyridine rings is 1. The van der Waals surface area contributed by atoms with E-state index in [0.717, 1.165) is 5.56 Å². The highest BCUT2D eigenvalue weighted by molar-refractivity contribution is 7.92. The Kier molecular flexibility index (Phi) is 3.80. The first-order valence-electron chi connectivity index (χ1n) is 5.82. The molecular weight excluding hydrogens is 278 g/mol. The number of benzene rings is 1. The summed E-state index contributed by atoms with van der Waals surface area (Å²) in [5, 5.41) is 0. The van der Waals surface area contributed by atoms with Crippen LogP contribution in [0.3, 0.4) is 0 Å². The molecule has 0 aliphatic heterocycles. The lowest BCUT2D eigenvalue weighted by molar-refractivity contribution is 0.403. The summed E-state index contributed by atoms with van der Waals surface area (Å²) in [5.41, 5.74) is 6.77. The number of sulfonamides is 1. The third-order valence-corrected chi connectivity index (χ3v) is 4.10. The van der Waals surface area contributed by atoms with Crippen molar-refractivity contribution >= 4 is 21.5 Å². The second-order valence-corrected chi connectivity index (χ2v) is 5.84. The highest BCUT2D eigenvalue weighted by Crippen LogP contribution is 2.27. The monoisotopic (exact) mass is 293 g/mol. The van der Waals surface area contributed by atoms with Crippen LogP contribution in [-0.2, 0) is 10.0 Å². The summed E-state index contributed by atoms with van der Waals surface area (Å²) in [6.45, 7) is 1.77. The van der Waals surface area contributed by atoms with Crippen LogP contribution in [0.2, 0.25) is 0 Å². The van der Waals surface area contributed by atoms with Crippen molar-refractivity contribution in [2.45, 2.75) is 11.8 Å². The van der Waals surface area contributed by atoms with Gasteiger partial charge < -0.3 is 10.5 Å².